The third-order valence-corrected chi connectivity index (χ3v) is 4.79. The lowest BCUT2D eigenvalue weighted by Gasteiger charge is -2.49. The highest BCUT2D eigenvalue weighted by molar-refractivity contribution is 5.15. The summed E-state index contributed by atoms with van der Waals surface area (Å²) >= 11 is 0. The van der Waals surface area contributed by atoms with E-state index in [0.717, 1.165) is 19.6 Å². The van der Waals surface area contributed by atoms with Gasteiger partial charge in [0, 0.05) is 31.2 Å². The van der Waals surface area contributed by atoms with Gasteiger partial charge in [-0.25, -0.2) is 0 Å². The molecule has 3 nitrogen and oxygen atoms in total. The summed E-state index contributed by atoms with van der Waals surface area (Å²) in [7, 11) is 2.23. The maximum absolute atomic E-state index is 6.16. The van der Waals surface area contributed by atoms with E-state index in [0.29, 0.717) is 6.04 Å². The summed E-state index contributed by atoms with van der Waals surface area (Å²) in [5, 5.41) is 0. The Morgan fingerprint density at radius 2 is 2.00 bits per heavy atom. The molecule has 2 N–H and O–H groups in total. The van der Waals surface area contributed by atoms with Gasteiger partial charge in [-0.15, -0.1) is 0 Å². The van der Waals surface area contributed by atoms with Crippen LogP contribution in [-0.2, 0) is 6.54 Å². The predicted molar refractivity (Wildman–Crippen MR) is 85.6 cm³/mol. The SMILES string of the molecule is CC(C)N(C)C1(CN)CCCN(Cc2ccccc2)C1. The van der Waals surface area contributed by atoms with E-state index in [1.807, 2.05) is 0 Å². The van der Waals surface area contributed by atoms with Crippen LogP contribution in [0.2, 0.25) is 0 Å². The number of hydrogen-bond acceptors (Lipinski definition) is 3. The summed E-state index contributed by atoms with van der Waals surface area (Å²) in [5.41, 5.74) is 7.70. The van der Waals surface area contributed by atoms with E-state index in [-0.39, 0.29) is 5.54 Å². The van der Waals surface area contributed by atoms with Gasteiger partial charge in [0.05, 0.1) is 0 Å². The largest absolute Gasteiger partial charge is 0.329 e. The molecule has 1 atom stereocenters. The summed E-state index contributed by atoms with van der Waals surface area (Å²) in [6.07, 6.45) is 2.45. The van der Waals surface area contributed by atoms with Gasteiger partial charge in [-0.1, -0.05) is 30.3 Å². The van der Waals surface area contributed by atoms with E-state index in [1.54, 1.807) is 0 Å². The molecule has 1 heterocycles. The van der Waals surface area contributed by atoms with E-state index in [4.69, 9.17) is 5.73 Å². The van der Waals surface area contributed by atoms with Crippen LogP contribution >= 0.6 is 0 Å². The smallest absolute Gasteiger partial charge is 0.0458 e. The second-order valence-corrected chi connectivity index (χ2v) is 6.43. The third kappa shape index (κ3) is 3.40. The Bertz CT molecular complexity index is 404. The Labute approximate surface area is 123 Å². The molecular formula is C17H29N3. The van der Waals surface area contributed by atoms with Crippen LogP contribution < -0.4 is 5.73 Å². The first-order valence-corrected chi connectivity index (χ1v) is 7.77. The molecule has 1 saturated heterocycles. The monoisotopic (exact) mass is 275 g/mol. The lowest BCUT2D eigenvalue weighted by atomic mass is 9.86. The van der Waals surface area contributed by atoms with E-state index >= 15 is 0 Å². The number of piperidine rings is 1. The first-order chi connectivity index (χ1) is 9.57. The molecule has 2 rings (SSSR count). The zero-order valence-corrected chi connectivity index (χ0v) is 13.2. The van der Waals surface area contributed by atoms with Gasteiger partial charge in [-0.2, -0.15) is 0 Å². The summed E-state index contributed by atoms with van der Waals surface area (Å²) in [6, 6.07) is 11.3. The summed E-state index contributed by atoms with van der Waals surface area (Å²) in [4.78, 5) is 5.04. The van der Waals surface area contributed by atoms with E-state index < -0.39 is 0 Å². The molecule has 1 unspecified atom stereocenters. The number of nitrogens with zero attached hydrogens (tertiary/aromatic N) is 2. The molecule has 20 heavy (non-hydrogen) atoms. The van der Waals surface area contributed by atoms with Gasteiger partial charge in [0.15, 0.2) is 0 Å². The van der Waals surface area contributed by atoms with Gasteiger partial charge >= 0.3 is 0 Å². The Kier molecular flexibility index (Phi) is 5.19. The van der Waals surface area contributed by atoms with Crippen molar-refractivity contribution in [2.45, 2.75) is 44.8 Å². The van der Waals surface area contributed by atoms with Crippen LogP contribution in [0.3, 0.4) is 0 Å². The molecule has 1 aliphatic heterocycles. The quantitative estimate of drug-likeness (QED) is 0.895. The zero-order chi connectivity index (χ0) is 14.6. The molecule has 1 aliphatic rings. The van der Waals surface area contributed by atoms with Crippen LogP contribution in [0.5, 0.6) is 0 Å². The Morgan fingerprint density at radius 3 is 2.60 bits per heavy atom. The lowest BCUT2D eigenvalue weighted by molar-refractivity contribution is 0.0126. The Balaban J connectivity index is 2.06. The maximum atomic E-state index is 6.16. The first-order valence-electron chi connectivity index (χ1n) is 7.77. The van der Waals surface area contributed by atoms with Crippen molar-refractivity contribution in [3.05, 3.63) is 35.9 Å². The maximum Gasteiger partial charge on any atom is 0.0458 e. The van der Waals surface area contributed by atoms with Crippen molar-refractivity contribution in [1.29, 1.82) is 0 Å². The molecule has 0 aliphatic carbocycles. The fraction of sp³-hybridized carbons (Fsp3) is 0.647. The van der Waals surface area contributed by atoms with Gasteiger partial charge in [0.25, 0.3) is 0 Å². The van der Waals surface area contributed by atoms with Gasteiger partial charge in [-0.05, 0) is 45.8 Å². The molecule has 0 spiro atoms. The fourth-order valence-electron chi connectivity index (χ4n) is 3.33. The van der Waals surface area contributed by atoms with Crippen LogP contribution in [-0.4, -0.2) is 48.1 Å². The Hall–Kier alpha value is -0.900. The standard InChI is InChI=1S/C17H29N3/c1-15(2)19(3)17(13-18)10-7-11-20(14-17)12-16-8-5-4-6-9-16/h4-6,8-9,15H,7,10-14,18H2,1-3H3. The molecule has 0 bridgehead atoms. The molecule has 112 valence electrons. The highest BCUT2D eigenvalue weighted by atomic mass is 15.3. The van der Waals surface area contributed by atoms with Crippen molar-refractivity contribution in [3.8, 4) is 0 Å². The van der Waals surface area contributed by atoms with Crippen LogP contribution in [0, 0.1) is 0 Å². The minimum Gasteiger partial charge on any atom is -0.329 e. The second-order valence-electron chi connectivity index (χ2n) is 6.43. The number of likely N-dealkylation sites (tertiary alicyclic amines) is 1. The van der Waals surface area contributed by atoms with E-state index in [1.165, 1.54) is 24.9 Å². The van der Waals surface area contributed by atoms with Gasteiger partial charge in [0.2, 0.25) is 0 Å². The van der Waals surface area contributed by atoms with Crippen molar-refractivity contribution in [3.63, 3.8) is 0 Å². The third-order valence-electron chi connectivity index (χ3n) is 4.79. The normalized spacial score (nSPS) is 24.5. The zero-order valence-electron chi connectivity index (χ0n) is 13.2. The van der Waals surface area contributed by atoms with Gasteiger partial charge in [-0.3, -0.25) is 9.80 Å². The number of likely N-dealkylation sites (N-methyl/N-ethyl adjacent to an activating group) is 1. The highest BCUT2D eigenvalue weighted by Gasteiger charge is 2.38. The average molecular weight is 275 g/mol. The predicted octanol–water partition coefficient (Wildman–Crippen LogP) is 2.32. The van der Waals surface area contributed by atoms with Crippen molar-refractivity contribution >= 4 is 0 Å². The number of nitrogens with two attached hydrogens (primary N) is 1. The molecular weight excluding hydrogens is 246 g/mol. The Morgan fingerprint density at radius 1 is 1.30 bits per heavy atom. The van der Waals surface area contributed by atoms with E-state index in [2.05, 4.69) is 61.0 Å². The average Bonchev–Trinajstić information content (AvgIpc) is 2.47. The molecule has 1 fully saturated rings. The fourth-order valence-corrected chi connectivity index (χ4v) is 3.33. The molecule has 0 aromatic heterocycles. The van der Waals surface area contributed by atoms with Crippen LogP contribution in [0.4, 0.5) is 0 Å². The van der Waals surface area contributed by atoms with Crippen LogP contribution in [0.25, 0.3) is 0 Å². The van der Waals surface area contributed by atoms with Crippen LogP contribution in [0.1, 0.15) is 32.3 Å². The van der Waals surface area contributed by atoms with Crippen LogP contribution in [0.15, 0.2) is 30.3 Å². The van der Waals surface area contributed by atoms with Crippen molar-refractivity contribution < 1.29 is 0 Å². The second kappa shape index (κ2) is 6.70. The first kappa shape index (κ1) is 15.5. The van der Waals surface area contributed by atoms with E-state index in [9.17, 15) is 0 Å². The molecule has 1 aromatic carbocycles. The lowest BCUT2D eigenvalue weighted by Crippen LogP contribution is -2.62. The summed E-state index contributed by atoms with van der Waals surface area (Å²) < 4.78 is 0. The molecule has 0 radical (unpaired) electrons. The van der Waals surface area contributed by atoms with Gasteiger partial charge in [0.1, 0.15) is 0 Å². The molecule has 3 heteroatoms. The topological polar surface area (TPSA) is 32.5 Å². The number of hydrogen-bond donors (Lipinski definition) is 1. The minimum atomic E-state index is 0.140. The summed E-state index contributed by atoms with van der Waals surface area (Å²) in [6.45, 7) is 8.55. The molecule has 0 saturated carbocycles. The van der Waals surface area contributed by atoms with Crippen molar-refractivity contribution in [2.75, 3.05) is 26.7 Å². The molecule has 1 aromatic rings. The van der Waals surface area contributed by atoms with Gasteiger partial charge < -0.3 is 5.73 Å². The minimum absolute atomic E-state index is 0.140. The number of benzene rings is 1. The van der Waals surface area contributed by atoms with Crippen molar-refractivity contribution in [1.82, 2.24) is 9.80 Å². The number of rotatable bonds is 5. The summed E-state index contributed by atoms with van der Waals surface area (Å²) in [5.74, 6) is 0. The van der Waals surface area contributed by atoms with Crippen molar-refractivity contribution in [2.24, 2.45) is 5.73 Å². The highest BCUT2D eigenvalue weighted by Crippen LogP contribution is 2.28. The molecule has 0 amide bonds.